The van der Waals surface area contributed by atoms with Crippen LogP contribution in [0.3, 0.4) is 0 Å². The first kappa shape index (κ1) is 18.5. The monoisotopic (exact) mass is 395 g/mol. The number of aromatic nitrogens is 2. The number of para-hydroxylation sites is 1. The average Bonchev–Trinajstić information content (AvgIpc) is 3.37. The topological polar surface area (TPSA) is 71.4 Å². The molecule has 4 aromatic rings. The van der Waals surface area contributed by atoms with Crippen molar-refractivity contribution in [1.82, 2.24) is 14.9 Å². The van der Waals surface area contributed by atoms with Gasteiger partial charge in [-0.3, -0.25) is 9.69 Å². The number of nitrogens with one attached hydrogen (secondary N) is 1. The van der Waals surface area contributed by atoms with Crippen molar-refractivity contribution in [3.05, 3.63) is 69.8 Å². The molecule has 0 aliphatic carbocycles. The molecule has 28 heavy (non-hydrogen) atoms. The van der Waals surface area contributed by atoms with Crippen LogP contribution in [0.2, 0.25) is 0 Å². The van der Waals surface area contributed by atoms with Crippen LogP contribution >= 0.6 is 11.3 Å². The van der Waals surface area contributed by atoms with Crippen molar-refractivity contribution >= 4 is 21.6 Å². The first-order chi connectivity index (χ1) is 13.6. The molecule has 0 radical (unpaired) electrons. The predicted molar refractivity (Wildman–Crippen MR) is 111 cm³/mol. The van der Waals surface area contributed by atoms with Crippen LogP contribution in [0.15, 0.2) is 57.3 Å². The Labute approximate surface area is 166 Å². The quantitative estimate of drug-likeness (QED) is 0.522. The lowest BCUT2D eigenvalue weighted by Crippen LogP contribution is -2.26. The maximum Gasteiger partial charge on any atom is 0.260 e. The summed E-state index contributed by atoms with van der Waals surface area (Å²) in [6.45, 7) is 2.70. The Kier molecular flexibility index (Phi) is 5.02. The van der Waals surface area contributed by atoms with Gasteiger partial charge in [-0.1, -0.05) is 18.2 Å². The van der Waals surface area contributed by atoms with Gasteiger partial charge in [0.05, 0.1) is 24.8 Å². The number of fused-ring (bicyclic) bond motifs is 1. The minimum atomic E-state index is -0.148. The molecule has 0 fully saturated rings. The zero-order valence-corrected chi connectivity index (χ0v) is 16.7. The summed E-state index contributed by atoms with van der Waals surface area (Å²) in [6.07, 6.45) is 1.60. The van der Waals surface area contributed by atoms with Gasteiger partial charge in [-0.2, -0.15) is 0 Å². The number of hydrogen-bond acceptors (Lipinski definition) is 6. The normalized spacial score (nSPS) is 12.6. The summed E-state index contributed by atoms with van der Waals surface area (Å²) in [4.78, 5) is 23.3. The SMILES string of the molecule is COc1ccccc1CN(C)C(C)c1nc2scc(-c3ccco3)c2c(=O)[nH]1. The second-order valence-corrected chi connectivity index (χ2v) is 7.52. The second kappa shape index (κ2) is 7.61. The van der Waals surface area contributed by atoms with E-state index in [-0.39, 0.29) is 11.6 Å². The van der Waals surface area contributed by atoms with Crippen molar-refractivity contribution in [2.45, 2.75) is 19.5 Å². The van der Waals surface area contributed by atoms with Crippen LogP contribution < -0.4 is 10.3 Å². The molecule has 6 nitrogen and oxygen atoms in total. The van der Waals surface area contributed by atoms with E-state index in [9.17, 15) is 4.79 Å². The highest BCUT2D eigenvalue weighted by atomic mass is 32.1. The third-order valence-corrected chi connectivity index (χ3v) is 5.79. The number of thiophene rings is 1. The molecule has 0 aliphatic rings. The molecular formula is C21H21N3O3S. The standard InChI is InChI=1S/C21H21N3O3S/c1-13(24(2)11-14-7-4-5-8-16(14)26-3)19-22-20(25)18-15(12-28-21(18)23-19)17-9-6-10-27-17/h4-10,12-13H,11H2,1-3H3,(H,22,23,25). The fourth-order valence-electron chi connectivity index (χ4n) is 3.22. The van der Waals surface area contributed by atoms with Crippen molar-refractivity contribution in [3.8, 4) is 17.1 Å². The van der Waals surface area contributed by atoms with Gasteiger partial charge >= 0.3 is 0 Å². The molecule has 7 heteroatoms. The fourth-order valence-corrected chi connectivity index (χ4v) is 4.16. The van der Waals surface area contributed by atoms with Crippen LogP contribution in [0.25, 0.3) is 21.5 Å². The highest BCUT2D eigenvalue weighted by Crippen LogP contribution is 2.32. The van der Waals surface area contributed by atoms with Crippen LogP contribution in [-0.2, 0) is 6.54 Å². The van der Waals surface area contributed by atoms with E-state index in [1.165, 1.54) is 11.3 Å². The lowest BCUT2D eigenvalue weighted by molar-refractivity contribution is 0.240. The smallest absolute Gasteiger partial charge is 0.260 e. The number of methoxy groups -OCH3 is 1. The van der Waals surface area contributed by atoms with Crippen LogP contribution in [-0.4, -0.2) is 29.0 Å². The van der Waals surface area contributed by atoms with Crippen molar-refractivity contribution in [1.29, 1.82) is 0 Å². The van der Waals surface area contributed by atoms with Gasteiger partial charge in [0, 0.05) is 23.1 Å². The number of furan rings is 1. The number of rotatable bonds is 6. The molecule has 1 unspecified atom stereocenters. The van der Waals surface area contributed by atoms with E-state index in [0.717, 1.165) is 16.9 Å². The maximum absolute atomic E-state index is 12.8. The lowest BCUT2D eigenvalue weighted by Gasteiger charge is -2.24. The lowest BCUT2D eigenvalue weighted by atomic mass is 10.1. The summed E-state index contributed by atoms with van der Waals surface area (Å²) >= 11 is 1.45. The third kappa shape index (κ3) is 3.34. The molecule has 0 spiro atoms. The third-order valence-electron chi connectivity index (χ3n) is 4.92. The molecule has 144 valence electrons. The Morgan fingerprint density at radius 2 is 2.11 bits per heavy atom. The second-order valence-electron chi connectivity index (χ2n) is 6.66. The molecule has 0 saturated heterocycles. The molecule has 1 aromatic carbocycles. The zero-order valence-electron chi connectivity index (χ0n) is 15.9. The molecule has 0 saturated carbocycles. The van der Waals surface area contributed by atoms with E-state index in [2.05, 4.69) is 9.88 Å². The molecule has 1 atom stereocenters. The average molecular weight is 395 g/mol. The van der Waals surface area contributed by atoms with Gasteiger partial charge in [0.15, 0.2) is 0 Å². The largest absolute Gasteiger partial charge is 0.496 e. The number of H-pyrrole nitrogens is 1. The van der Waals surface area contributed by atoms with E-state index in [4.69, 9.17) is 14.1 Å². The number of nitrogens with zero attached hydrogens (tertiary/aromatic N) is 2. The Bertz CT molecular complexity index is 1150. The van der Waals surface area contributed by atoms with Crippen LogP contribution in [0.5, 0.6) is 5.75 Å². The van der Waals surface area contributed by atoms with Crippen molar-refractivity contribution in [2.75, 3.05) is 14.2 Å². The molecular weight excluding hydrogens is 374 g/mol. The van der Waals surface area contributed by atoms with Gasteiger partial charge in [0.25, 0.3) is 5.56 Å². The maximum atomic E-state index is 12.8. The van der Waals surface area contributed by atoms with Gasteiger partial charge in [0.1, 0.15) is 22.2 Å². The fraction of sp³-hybridized carbons (Fsp3) is 0.238. The molecule has 3 aromatic heterocycles. The van der Waals surface area contributed by atoms with Crippen molar-refractivity contribution < 1.29 is 9.15 Å². The number of ether oxygens (including phenoxy) is 1. The van der Waals surface area contributed by atoms with Gasteiger partial charge in [0.2, 0.25) is 0 Å². The van der Waals surface area contributed by atoms with Crippen molar-refractivity contribution in [3.63, 3.8) is 0 Å². The van der Waals surface area contributed by atoms with Crippen molar-refractivity contribution in [2.24, 2.45) is 0 Å². The predicted octanol–water partition coefficient (Wildman–Crippen LogP) is 4.45. The first-order valence-corrected chi connectivity index (χ1v) is 9.84. The van der Waals surface area contributed by atoms with Gasteiger partial charge < -0.3 is 14.1 Å². The first-order valence-electron chi connectivity index (χ1n) is 8.96. The molecule has 3 heterocycles. The summed E-state index contributed by atoms with van der Waals surface area (Å²) in [5.74, 6) is 2.16. The Hall–Kier alpha value is -2.90. The minimum absolute atomic E-state index is 0.0730. The number of hydrogen-bond donors (Lipinski definition) is 1. The molecule has 0 amide bonds. The molecule has 4 rings (SSSR count). The van der Waals surface area contributed by atoms with Gasteiger partial charge in [-0.15, -0.1) is 11.3 Å². The minimum Gasteiger partial charge on any atom is -0.496 e. The number of aromatic amines is 1. The molecule has 1 N–H and O–H groups in total. The number of benzene rings is 1. The van der Waals surface area contributed by atoms with E-state index < -0.39 is 0 Å². The van der Waals surface area contributed by atoms with E-state index in [0.29, 0.717) is 28.3 Å². The van der Waals surface area contributed by atoms with E-state index in [1.54, 1.807) is 13.4 Å². The van der Waals surface area contributed by atoms with Crippen LogP contribution in [0, 0.1) is 0 Å². The Morgan fingerprint density at radius 1 is 1.29 bits per heavy atom. The zero-order chi connectivity index (χ0) is 19.7. The van der Waals surface area contributed by atoms with E-state index >= 15 is 0 Å². The van der Waals surface area contributed by atoms with Gasteiger partial charge in [-0.05, 0) is 32.2 Å². The Morgan fingerprint density at radius 3 is 2.86 bits per heavy atom. The highest BCUT2D eigenvalue weighted by Gasteiger charge is 2.20. The molecule has 0 bridgehead atoms. The molecule has 0 aliphatic heterocycles. The Balaban J connectivity index is 1.64. The summed E-state index contributed by atoms with van der Waals surface area (Å²) in [5.41, 5.74) is 1.71. The van der Waals surface area contributed by atoms with E-state index in [1.807, 2.05) is 55.7 Å². The summed E-state index contributed by atoms with van der Waals surface area (Å²) in [7, 11) is 3.67. The summed E-state index contributed by atoms with van der Waals surface area (Å²) in [6, 6.07) is 11.5. The summed E-state index contributed by atoms with van der Waals surface area (Å²) < 4.78 is 10.9. The highest BCUT2D eigenvalue weighted by molar-refractivity contribution is 7.17. The summed E-state index contributed by atoms with van der Waals surface area (Å²) in [5, 5.41) is 2.49. The van der Waals surface area contributed by atoms with Crippen LogP contribution in [0.4, 0.5) is 0 Å². The van der Waals surface area contributed by atoms with Gasteiger partial charge in [-0.25, -0.2) is 4.98 Å². The van der Waals surface area contributed by atoms with Crippen LogP contribution in [0.1, 0.15) is 24.4 Å².